The van der Waals surface area contributed by atoms with Gasteiger partial charge in [-0.1, -0.05) is 0 Å². The average Bonchev–Trinajstić information content (AvgIpc) is 2.94. The number of aromatic nitrogens is 3. The molecular formula is C12H15N5O2. The number of ether oxygens (including phenoxy) is 1. The standard InChI is InChI=1S/C12H15N5O2/c1-19-8-6-13-12(18)16-10-3-4-11(14-9-10)17-7-2-5-15-17/h2-5,7,9H,6,8H2,1H3,(H2,13,16,18). The SMILES string of the molecule is COCCNC(=O)Nc1ccc(-n2cccn2)nc1. The molecule has 19 heavy (non-hydrogen) atoms. The van der Waals surface area contributed by atoms with Crippen molar-refractivity contribution in [3.8, 4) is 5.82 Å². The number of carbonyl (C=O) groups is 1. The Balaban J connectivity index is 1.90. The molecule has 100 valence electrons. The molecule has 2 heterocycles. The van der Waals surface area contributed by atoms with Crippen LogP contribution in [0.1, 0.15) is 0 Å². The van der Waals surface area contributed by atoms with Gasteiger partial charge in [-0.05, 0) is 18.2 Å². The van der Waals surface area contributed by atoms with Gasteiger partial charge in [0.2, 0.25) is 0 Å². The largest absolute Gasteiger partial charge is 0.383 e. The molecule has 0 aromatic carbocycles. The Bertz CT molecular complexity index is 509. The van der Waals surface area contributed by atoms with Gasteiger partial charge in [0.15, 0.2) is 5.82 Å². The van der Waals surface area contributed by atoms with E-state index in [1.807, 2.05) is 6.07 Å². The first-order valence-electron chi connectivity index (χ1n) is 5.79. The van der Waals surface area contributed by atoms with Crippen LogP contribution < -0.4 is 10.6 Å². The number of anilines is 1. The maximum absolute atomic E-state index is 11.5. The van der Waals surface area contributed by atoms with E-state index >= 15 is 0 Å². The summed E-state index contributed by atoms with van der Waals surface area (Å²) in [6.45, 7) is 0.936. The lowest BCUT2D eigenvalue weighted by Gasteiger charge is -2.07. The third kappa shape index (κ3) is 3.78. The minimum atomic E-state index is -0.286. The van der Waals surface area contributed by atoms with Crippen LogP contribution >= 0.6 is 0 Å². The number of nitrogens with one attached hydrogen (secondary N) is 2. The molecule has 0 aliphatic rings. The Labute approximate surface area is 110 Å². The molecule has 0 radical (unpaired) electrons. The molecule has 0 aliphatic carbocycles. The Morgan fingerprint density at radius 3 is 3.00 bits per heavy atom. The second-order valence-corrected chi connectivity index (χ2v) is 3.73. The number of nitrogens with zero attached hydrogens (tertiary/aromatic N) is 3. The molecule has 0 aliphatic heterocycles. The Morgan fingerprint density at radius 2 is 2.37 bits per heavy atom. The quantitative estimate of drug-likeness (QED) is 0.788. The van der Waals surface area contributed by atoms with E-state index in [0.717, 1.165) is 0 Å². The van der Waals surface area contributed by atoms with E-state index in [-0.39, 0.29) is 6.03 Å². The summed E-state index contributed by atoms with van der Waals surface area (Å²) in [6.07, 6.45) is 5.05. The van der Waals surface area contributed by atoms with Gasteiger partial charge in [-0.15, -0.1) is 0 Å². The number of rotatable bonds is 5. The van der Waals surface area contributed by atoms with Gasteiger partial charge < -0.3 is 15.4 Å². The van der Waals surface area contributed by atoms with Crippen LogP contribution in [0, 0.1) is 0 Å². The van der Waals surface area contributed by atoms with Gasteiger partial charge in [0.25, 0.3) is 0 Å². The molecule has 0 saturated carbocycles. The van der Waals surface area contributed by atoms with Crippen molar-refractivity contribution in [2.75, 3.05) is 25.6 Å². The first-order chi connectivity index (χ1) is 9.29. The maximum atomic E-state index is 11.5. The molecule has 7 heteroatoms. The van der Waals surface area contributed by atoms with E-state index < -0.39 is 0 Å². The molecule has 0 bridgehead atoms. The number of urea groups is 1. The van der Waals surface area contributed by atoms with Crippen molar-refractivity contribution in [3.63, 3.8) is 0 Å². The van der Waals surface area contributed by atoms with Gasteiger partial charge in [-0.2, -0.15) is 5.10 Å². The second kappa shape index (κ2) is 6.50. The molecule has 0 unspecified atom stereocenters. The third-order valence-corrected chi connectivity index (χ3v) is 2.34. The van der Waals surface area contributed by atoms with E-state index in [2.05, 4.69) is 20.7 Å². The van der Waals surface area contributed by atoms with Gasteiger partial charge in [-0.25, -0.2) is 14.5 Å². The van der Waals surface area contributed by atoms with Gasteiger partial charge in [0.05, 0.1) is 18.5 Å². The monoisotopic (exact) mass is 261 g/mol. The number of hydrogen-bond acceptors (Lipinski definition) is 4. The highest BCUT2D eigenvalue weighted by atomic mass is 16.5. The average molecular weight is 261 g/mol. The lowest BCUT2D eigenvalue weighted by Crippen LogP contribution is -2.31. The number of pyridine rings is 1. The van der Waals surface area contributed by atoms with Crippen LogP contribution in [-0.4, -0.2) is 41.1 Å². The van der Waals surface area contributed by atoms with Crippen LogP contribution in [0.4, 0.5) is 10.5 Å². The first kappa shape index (κ1) is 13.0. The van der Waals surface area contributed by atoms with Gasteiger partial charge >= 0.3 is 6.03 Å². The van der Waals surface area contributed by atoms with Crippen LogP contribution in [0.2, 0.25) is 0 Å². The predicted octanol–water partition coefficient (Wildman–Crippen LogP) is 1.04. The molecule has 7 nitrogen and oxygen atoms in total. The van der Waals surface area contributed by atoms with Gasteiger partial charge in [0, 0.05) is 26.0 Å². The van der Waals surface area contributed by atoms with Gasteiger partial charge in [-0.3, -0.25) is 0 Å². The third-order valence-electron chi connectivity index (χ3n) is 2.34. The van der Waals surface area contributed by atoms with Crippen LogP contribution in [0.25, 0.3) is 5.82 Å². The topological polar surface area (TPSA) is 81.1 Å². The van der Waals surface area contributed by atoms with Crippen LogP contribution in [-0.2, 0) is 4.74 Å². The molecular weight excluding hydrogens is 246 g/mol. The molecule has 2 amide bonds. The summed E-state index contributed by atoms with van der Waals surface area (Å²) >= 11 is 0. The summed E-state index contributed by atoms with van der Waals surface area (Å²) in [6, 6.07) is 5.07. The Morgan fingerprint density at radius 1 is 1.47 bits per heavy atom. The van der Waals surface area contributed by atoms with Crippen molar-refractivity contribution < 1.29 is 9.53 Å². The van der Waals surface area contributed by atoms with E-state index in [4.69, 9.17) is 4.74 Å². The molecule has 0 atom stereocenters. The summed E-state index contributed by atoms with van der Waals surface area (Å²) in [7, 11) is 1.58. The summed E-state index contributed by atoms with van der Waals surface area (Å²) < 4.78 is 6.48. The zero-order valence-corrected chi connectivity index (χ0v) is 10.5. The molecule has 2 rings (SSSR count). The molecule has 2 N–H and O–H groups in total. The highest BCUT2D eigenvalue weighted by molar-refractivity contribution is 5.89. The predicted molar refractivity (Wildman–Crippen MR) is 70.3 cm³/mol. The zero-order valence-electron chi connectivity index (χ0n) is 10.5. The lowest BCUT2D eigenvalue weighted by atomic mass is 10.4. The molecule has 0 saturated heterocycles. The number of methoxy groups -OCH3 is 1. The van der Waals surface area contributed by atoms with Crippen molar-refractivity contribution >= 4 is 11.7 Å². The van der Waals surface area contributed by atoms with Crippen molar-refractivity contribution in [1.82, 2.24) is 20.1 Å². The highest BCUT2D eigenvalue weighted by Gasteiger charge is 2.02. The van der Waals surface area contributed by atoms with E-state index in [0.29, 0.717) is 24.7 Å². The summed E-state index contributed by atoms with van der Waals surface area (Å²) in [4.78, 5) is 15.7. The highest BCUT2D eigenvalue weighted by Crippen LogP contribution is 2.08. The van der Waals surface area contributed by atoms with E-state index in [1.165, 1.54) is 0 Å². The van der Waals surface area contributed by atoms with E-state index in [9.17, 15) is 4.79 Å². The van der Waals surface area contributed by atoms with Crippen molar-refractivity contribution in [2.24, 2.45) is 0 Å². The van der Waals surface area contributed by atoms with Crippen molar-refractivity contribution in [1.29, 1.82) is 0 Å². The van der Waals surface area contributed by atoms with Crippen molar-refractivity contribution in [3.05, 3.63) is 36.8 Å². The van der Waals surface area contributed by atoms with Crippen LogP contribution in [0.5, 0.6) is 0 Å². The van der Waals surface area contributed by atoms with Crippen molar-refractivity contribution in [2.45, 2.75) is 0 Å². The summed E-state index contributed by atoms with van der Waals surface area (Å²) in [5.41, 5.74) is 0.617. The minimum absolute atomic E-state index is 0.286. The fourth-order valence-electron chi connectivity index (χ4n) is 1.44. The normalized spacial score (nSPS) is 10.2. The summed E-state index contributed by atoms with van der Waals surface area (Å²) in [5, 5.41) is 9.40. The summed E-state index contributed by atoms with van der Waals surface area (Å²) in [5.74, 6) is 0.690. The van der Waals surface area contributed by atoms with Gasteiger partial charge in [0.1, 0.15) is 0 Å². The second-order valence-electron chi connectivity index (χ2n) is 3.73. The van der Waals surface area contributed by atoms with Crippen LogP contribution in [0.15, 0.2) is 36.8 Å². The fraction of sp³-hybridized carbons (Fsp3) is 0.250. The minimum Gasteiger partial charge on any atom is -0.383 e. The Kier molecular flexibility index (Phi) is 4.46. The maximum Gasteiger partial charge on any atom is 0.319 e. The zero-order chi connectivity index (χ0) is 13.5. The van der Waals surface area contributed by atoms with E-state index in [1.54, 1.807) is 42.5 Å². The molecule has 2 aromatic rings. The van der Waals surface area contributed by atoms with Crippen LogP contribution in [0.3, 0.4) is 0 Å². The molecule has 2 aromatic heterocycles. The smallest absolute Gasteiger partial charge is 0.319 e. The number of carbonyl (C=O) groups excluding carboxylic acids is 1. The fourth-order valence-corrected chi connectivity index (χ4v) is 1.44. The first-order valence-corrected chi connectivity index (χ1v) is 5.79. The molecule has 0 fully saturated rings. The molecule has 0 spiro atoms. The number of amides is 2. The number of hydrogen-bond donors (Lipinski definition) is 2. The lowest BCUT2D eigenvalue weighted by molar-refractivity contribution is 0.198. The Hall–Kier alpha value is -2.41.